The average Bonchev–Trinajstić information content (AvgIpc) is 1.99. The Morgan fingerprint density at radius 1 is 1.55 bits per heavy atom. The first-order chi connectivity index (χ1) is 5.15. The number of alkyl halides is 1. The first-order valence-electron chi connectivity index (χ1n) is 2.99. The van der Waals surface area contributed by atoms with Gasteiger partial charge < -0.3 is 5.73 Å². The SMILES string of the molecule is Cc1nc(CBr)nc(N)c1Cl. The van der Waals surface area contributed by atoms with Crippen LogP contribution in [-0.2, 0) is 5.33 Å². The number of aromatic nitrogens is 2. The molecule has 0 saturated carbocycles. The minimum Gasteiger partial charge on any atom is -0.382 e. The summed E-state index contributed by atoms with van der Waals surface area (Å²) in [5.74, 6) is 0.998. The molecule has 1 heterocycles. The number of aryl methyl sites for hydroxylation is 1. The van der Waals surface area contributed by atoms with E-state index in [-0.39, 0.29) is 0 Å². The van der Waals surface area contributed by atoms with E-state index in [4.69, 9.17) is 17.3 Å². The Balaban J connectivity index is 3.21. The van der Waals surface area contributed by atoms with Gasteiger partial charge in [0.15, 0.2) is 0 Å². The first-order valence-corrected chi connectivity index (χ1v) is 4.49. The van der Waals surface area contributed by atoms with Crippen molar-refractivity contribution in [2.45, 2.75) is 12.3 Å². The molecule has 1 rings (SSSR count). The number of hydrogen-bond donors (Lipinski definition) is 1. The van der Waals surface area contributed by atoms with Crippen molar-refractivity contribution in [3.63, 3.8) is 0 Å². The van der Waals surface area contributed by atoms with Crippen LogP contribution in [0.4, 0.5) is 5.82 Å². The average molecular weight is 236 g/mol. The van der Waals surface area contributed by atoms with Crippen molar-refractivity contribution in [3.05, 3.63) is 16.5 Å². The Morgan fingerprint density at radius 3 is 2.64 bits per heavy atom. The largest absolute Gasteiger partial charge is 0.382 e. The molecule has 0 spiro atoms. The highest BCUT2D eigenvalue weighted by molar-refractivity contribution is 9.08. The highest BCUT2D eigenvalue weighted by Gasteiger charge is 2.04. The number of nitrogen functional groups attached to an aromatic ring is 1. The Morgan fingerprint density at radius 2 is 2.18 bits per heavy atom. The van der Waals surface area contributed by atoms with Crippen LogP contribution in [0.5, 0.6) is 0 Å². The fourth-order valence-electron chi connectivity index (χ4n) is 0.701. The van der Waals surface area contributed by atoms with Crippen LogP contribution in [-0.4, -0.2) is 9.97 Å². The highest BCUT2D eigenvalue weighted by atomic mass is 79.9. The molecule has 1 aromatic heterocycles. The molecule has 0 radical (unpaired) electrons. The first kappa shape index (κ1) is 8.74. The molecule has 0 unspecified atom stereocenters. The van der Waals surface area contributed by atoms with E-state index in [9.17, 15) is 0 Å². The summed E-state index contributed by atoms with van der Waals surface area (Å²) < 4.78 is 0. The second-order valence-corrected chi connectivity index (χ2v) is 3.00. The predicted octanol–water partition coefficient (Wildman–Crippen LogP) is 1.92. The number of rotatable bonds is 1. The van der Waals surface area contributed by atoms with Gasteiger partial charge in [-0.1, -0.05) is 27.5 Å². The van der Waals surface area contributed by atoms with Crippen LogP contribution < -0.4 is 5.73 Å². The summed E-state index contributed by atoms with van der Waals surface area (Å²) in [4.78, 5) is 8.02. The fraction of sp³-hybridized carbons (Fsp3) is 0.333. The van der Waals surface area contributed by atoms with Crippen molar-refractivity contribution in [3.8, 4) is 0 Å². The second kappa shape index (κ2) is 3.36. The molecule has 1 aromatic rings. The summed E-state index contributed by atoms with van der Waals surface area (Å²) in [6, 6.07) is 0. The fourth-order valence-corrected chi connectivity index (χ4v) is 1.04. The molecule has 0 aromatic carbocycles. The molecule has 3 nitrogen and oxygen atoms in total. The number of halogens is 2. The van der Waals surface area contributed by atoms with Crippen LogP contribution >= 0.6 is 27.5 Å². The minimum absolute atomic E-state index is 0.341. The summed E-state index contributed by atoms with van der Waals surface area (Å²) in [5.41, 5.74) is 6.21. The quantitative estimate of drug-likeness (QED) is 0.758. The second-order valence-electron chi connectivity index (χ2n) is 2.06. The molecule has 60 valence electrons. The van der Waals surface area contributed by atoms with Crippen LogP contribution in [0.25, 0.3) is 0 Å². The number of anilines is 1. The normalized spacial score (nSPS) is 10.1. The third kappa shape index (κ3) is 1.81. The summed E-state index contributed by atoms with van der Waals surface area (Å²) in [6.07, 6.45) is 0. The molecule has 0 aliphatic carbocycles. The van der Waals surface area contributed by atoms with Crippen LogP contribution in [0.2, 0.25) is 5.02 Å². The van der Waals surface area contributed by atoms with E-state index in [0.29, 0.717) is 27.7 Å². The Bertz CT molecular complexity index is 254. The van der Waals surface area contributed by atoms with E-state index in [0.717, 1.165) is 0 Å². The third-order valence-electron chi connectivity index (χ3n) is 1.21. The van der Waals surface area contributed by atoms with Crippen LogP contribution in [0, 0.1) is 6.92 Å². The van der Waals surface area contributed by atoms with E-state index in [1.165, 1.54) is 0 Å². The lowest BCUT2D eigenvalue weighted by atomic mass is 10.4. The maximum Gasteiger partial charge on any atom is 0.146 e. The zero-order chi connectivity index (χ0) is 8.43. The lowest BCUT2D eigenvalue weighted by molar-refractivity contribution is 1.01. The van der Waals surface area contributed by atoms with Gasteiger partial charge in [0.2, 0.25) is 0 Å². The summed E-state index contributed by atoms with van der Waals surface area (Å²) in [6.45, 7) is 1.80. The van der Waals surface area contributed by atoms with E-state index in [1.807, 2.05) is 0 Å². The molecule has 11 heavy (non-hydrogen) atoms. The molecule has 0 saturated heterocycles. The molecule has 0 bridgehead atoms. The molecule has 0 atom stereocenters. The van der Waals surface area contributed by atoms with Gasteiger partial charge in [-0.25, -0.2) is 9.97 Å². The van der Waals surface area contributed by atoms with Crippen LogP contribution in [0.15, 0.2) is 0 Å². The van der Waals surface area contributed by atoms with Gasteiger partial charge >= 0.3 is 0 Å². The third-order valence-corrected chi connectivity index (χ3v) is 2.18. The van der Waals surface area contributed by atoms with Gasteiger partial charge in [-0.2, -0.15) is 0 Å². The van der Waals surface area contributed by atoms with Gasteiger partial charge in [0.05, 0.1) is 11.0 Å². The van der Waals surface area contributed by atoms with E-state index in [2.05, 4.69) is 25.9 Å². The molecular weight excluding hydrogens is 229 g/mol. The molecule has 5 heteroatoms. The Labute approximate surface area is 78.1 Å². The predicted molar refractivity (Wildman–Crippen MR) is 48.8 cm³/mol. The van der Waals surface area contributed by atoms with Crippen LogP contribution in [0.1, 0.15) is 11.5 Å². The Hall–Kier alpha value is -0.350. The van der Waals surface area contributed by atoms with E-state index >= 15 is 0 Å². The molecule has 2 N–H and O–H groups in total. The lowest BCUT2D eigenvalue weighted by Crippen LogP contribution is -2.00. The van der Waals surface area contributed by atoms with E-state index in [1.54, 1.807) is 6.92 Å². The lowest BCUT2D eigenvalue weighted by Gasteiger charge is -2.01. The smallest absolute Gasteiger partial charge is 0.146 e. The highest BCUT2D eigenvalue weighted by Crippen LogP contribution is 2.19. The van der Waals surface area contributed by atoms with Gasteiger partial charge in [-0.05, 0) is 6.92 Å². The maximum atomic E-state index is 5.74. The maximum absolute atomic E-state index is 5.74. The van der Waals surface area contributed by atoms with Crippen molar-refractivity contribution >= 4 is 33.3 Å². The number of hydrogen-bond acceptors (Lipinski definition) is 3. The Kier molecular flexibility index (Phi) is 2.67. The minimum atomic E-state index is 0.341. The molecule has 0 aliphatic rings. The van der Waals surface area contributed by atoms with Crippen molar-refractivity contribution in [2.75, 3.05) is 5.73 Å². The van der Waals surface area contributed by atoms with Gasteiger partial charge in [-0.15, -0.1) is 0 Å². The summed E-state index contributed by atoms with van der Waals surface area (Å²) in [7, 11) is 0. The van der Waals surface area contributed by atoms with Crippen LogP contribution in [0.3, 0.4) is 0 Å². The van der Waals surface area contributed by atoms with Crippen molar-refractivity contribution in [1.29, 1.82) is 0 Å². The summed E-state index contributed by atoms with van der Waals surface area (Å²) >= 11 is 8.97. The van der Waals surface area contributed by atoms with Gasteiger partial charge in [0, 0.05) is 0 Å². The molecule has 0 amide bonds. The monoisotopic (exact) mass is 235 g/mol. The standard InChI is InChI=1S/C6H7BrClN3/c1-3-5(8)6(9)11-4(2-7)10-3/h2H2,1H3,(H2,9,10,11). The van der Waals surface area contributed by atoms with Gasteiger partial charge in [0.25, 0.3) is 0 Å². The topological polar surface area (TPSA) is 51.8 Å². The van der Waals surface area contributed by atoms with E-state index < -0.39 is 0 Å². The number of nitrogens with two attached hydrogens (primary N) is 1. The van der Waals surface area contributed by atoms with Crippen molar-refractivity contribution in [2.24, 2.45) is 0 Å². The van der Waals surface area contributed by atoms with Crippen molar-refractivity contribution < 1.29 is 0 Å². The van der Waals surface area contributed by atoms with Crippen molar-refractivity contribution in [1.82, 2.24) is 9.97 Å². The molecular formula is C6H7BrClN3. The van der Waals surface area contributed by atoms with Gasteiger partial charge in [0.1, 0.15) is 16.7 Å². The zero-order valence-electron chi connectivity index (χ0n) is 5.93. The van der Waals surface area contributed by atoms with Gasteiger partial charge in [-0.3, -0.25) is 0 Å². The molecule has 0 fully saturated rings. The summed E-state index contributed by atoms with van der Waals surface area (Å²) in [5, 5.41) is 1.03. The zero-order valence-corrected chi connectivity index (χ0v) is 8.28. The molecule has 0 aliphatic heterocycles. The number of nitrogens with zero attached hydrogens (tertiary/aromatic N) is 2.